The number of carbonyl (C=O) groups is 2. The summed E-state index contributed by atoms with van der Waals surface area (Å²) >= 11 is 7.72. The van der Waals surface area contributed by atoms with E-state index in [2.05, 4.69) is 15.7 Å². The number of amides is 2. The number of benzene rings is 2. The first-order valence-electron chi connectivity index (χ1n) is 9.04. The van der Waals surface area contributed by atoms with Crippen LogP contribution in [-0.2, 0) is 4.79 Å². The van der Waals surface area contributed by atoms with Gasteiger partial charge in [-0.1, -0.05) is 29.8 Å². The number of hydrogen-bond acceptors (Lipinski definition) is 4. The lowest BCUT2D eigenvalue weighted by molar-refractivity contribution is -0.118. The summed E-state index contributed by atoms with van der Waals surface area (Å²) in [6.45, 7) is 0. The number of halogens is 1. The minimum Gasteiger partial charge on any atom is -0.340 e. The third kappa shape index (κ3) is 5.62. The standard InChI is InChI=1S/C21H21ClN4O2S/c1-29-13-10-19(25-20(27)17-8-2-3-9-18(17)22)21(28)24-15-6-4-7-16(14-15)26-12-5-11-23-26/h2-9,11-12,14,19H,10,13H2,1H3,(H,24,28)(H,25,27). The highest BCUT2D eigenvalue weighted by molar-refractivity contribution is 7.98. The summed E-state index contributed by atoms with van der Waals surface area (Å²) < 4.78 is 1.71. The van der Waals surface area contributed by atoms with Crippen molar-refractivity contribution in [3.63, 3.8) is 0 Å². The highest BCUT2D eigenvalue weighted by Crippen LogP contribution is 2.17. The number of anilines is 1. The molecule has 1 aromatic heterocycles. The van der Waals surface area contributed by atoms with Crippen LogP contribution in [0.1, 0.15) is 16.8 Å². The predicted molar refractivity (Wildman–Crippen MR) is 118 cm³/mol. The monoisotopic (exact) mass is 428 g/mol. The summed E-state index contributed by atoms with van der Waals surface area (Å²) in [7, 11) is 0. The third-order valence-electron chi connectivity index (χ3n) is 4.23. The topological polar surface area (TPSA) is 76.0 Å². The zero-order chi connectivity index (χ0) is 20.6. The lowest BCUT2D eigenvalue weighted by atomic mass is 10.1. The van der Waals surface area contributed by atoms with Crippen LogP contribution in [0.25, 0.3) is 5.69 Å². The molecular formula is C21H21ClN4O2S. The van der Waals surface area contributed by atoms with Gasteiger partial charge in [0.25, 0.3) is 5.91 Å². The van der Waals surface area contributed by atoms with Crippen molar-refractivity contribution < 1.29 is 9.59 Å². The second kappa shape index (κ2) is 10.1. The number of rotatable bonds is 8. The molecule has 0 aliphatic carbocycles. The van der Waals surface area contributed by atoms with Crippen LogP contribution in [-0.4, -0.2) is 39.6 Å². The van der Waals surface area contributed by atoms with Gasteiger partial charge < -0.3 is 10.6 Å². The van der Waals surface area contributed by atoms with E-state index in [0.717, 1.165) is 11.4 Å². The van der Waals surface area contributed by atoms with Gasteiger partial charge in [0.2, 0.25) is 5.91 Å². The van der Waals surface area contributed by atoms with E-state index < -0.39 is 6.04 Å². The van der Waals surface area contributed by atoms with E-state index in [4.69, 9.17) is 11.6 Å². The molecule has 1 unspecified atom stereocenters. The highest BCUT2D eigenvalue weighted by Gasteiger charge is 2.22. The van der Waals surface area contributed by atoms with E-state index in [0.29, 0.717) is 22.7 Å². The van der Waals surface area contributed by atoms with Crippen LogP contribution in [0, 0.1) is 0 Å². The van der Waals surface area contributed by atoms with Crippen molar-refractivity contribution in [3.8, 4) is 5.69 Å². The van der Waals surface area contributed by atoms with E-state index in [1.54, 1.807) is 53.0 Å². The van der Waals surface area contributed by atoms with Crippen LogP contribution in [0.3, 0.4) is 0 Å². The Morgan fingerprint density at radius 3 is 2.72 bits per heavy atom. The first-order valence-corrected chi connectivity index (χ1v) is 10.8. The van der Waals surface area contributed by atoms with Gasteiger partial charge in [-0.3, -0.25) is 9.59 Å². The van der Waals surface area contributed by atoms with E-state index in [1.165, 1.54) is 0 Å². The summed E-state index contributed by atoms with van der Waals surface area (Å²) in [5.74, 6) is 0.0769. The molecule has 2 aromatic carbocycles. The first kappa shape index (κ1) is 21.0. The fourth-order valence-corrected chi connectivity index (χ4v) is 3.46. The Labute approximate surface area is 178 Å². The van der Waals surface area contributed by atoms with Gasteiger partial charge in [0, 0.05) is 18.1 Å². The van der Waals surface area contributed by atoms with Gasteiger partial charge in [0.05, 0.1) is 16.3 Å². The van der Waals surface area contributed by atoms with Gasteiger partial charge in [0.15, 0.2) is 0 Å². The van der Waals surface area contributed by atoms with E-state index in [-0.39, 0.29) is 11.8 Å². The smallest absolute Gasteiger partial charge is 0.253 e. The molecule has 2 N–H and O–H groups in total. The predicted octanol–water partition coefficient (Wildman–Crippen LogP) is 4.02. The number of nitrogens with one attached hydrogen (secondary N) is 2. The normalized spacial score (nSPS) is 11.7. The molecule has 8 heteroatoms. The number of carbonyl (C=O) groups excluding carboxylic acids is 2. The largest absolute Gasteiger partial charge is 0.340 e. The van der Waals surface area contributed by atoms with Crippen molar-refractivity contribution >= 4 is 40.9 Å². The average molecular weight is 429 g/mol. The molecule has 150 valence electrons. The minimum absolute atomic E-state index is 0.280. The van der Waals surface area contributed by atoms with Crippen LogP contribution in [0.5, 0.6) is 0 Å². The van der Waals surface area contributed by atoms with Crippen molar-refractivity contribution in [2.45, 2.75) is 12.5 Å². The highest BCUT2D eigenvalue weighted by atomic mass is 35.5. The van der Waals surface area contributed by atoms with Crippen molar-refractivity contribution in [2.75, 3.05) is 17.3 Å². The Bertz CT molecular complexity index is 978. The Kier molecular flexibility index (Phi) is 7.32. The molecule has 0 saturated carbocycles. The maximum Gasteiger partial charge on any atom is 0.253 e. The lowest BCUT2D eigenvalue weighted by Gasteiger charge is -2.19. The second-order valence-electron chi connectivity index (χ2n) is 6.28. The fraction of sp³-hybridized carbons (Fsp3) is 0.190. The molecule has 0 fully saturated rings. The number of hydrogen-bond donors (Lipinski definition) is 2. The number of thioether (sulfide) groups is 1. The fourth-order valence-electron chi connectivity index (χ4n) is 2.76. The third-order valence-corrected chi connectivity index (χ3v) is 5.21. The molecule has 2 amide bonds. The summed E-state index contributed by atoms with van der Waals surface area (Å²) in [6.07, 6.45) is 5.97. The summed E-state index contributed by atoms with van der Waals surface area (Å²) in [6, 6.07) is 15.3. The van der Waals surface area contributed by atoms with Crippen molar-refractivity contribution in [1.82, 2.24) is 15.1 Å². The molecule has 29 heavy (non-hydrogen) atoms. The molecule has 0 aliphatic heterocycles. The average Bonchev–Trinajstić information content (AvgIpc) is 3.26. The van der Waals surface area contributed by atoms with Gasteiger partial charge in [-0.25, -0.2) is 4.68 Å². The molecule has 0 bridgehead atoms. The molecule has 0 saturated heterocycles. The van der Waals surface area contributed by atoms with Crippen LogP contribution in [0.15, 0.2) is 67.0 Å². The van der Waals surface area contributed by atoms with E-state index in [9.17, 15) is 9.59 Å². The summed E-state index contributed by atoms with van der Waals surface area (Å²) in [5.41, 5.74) is 1.80. The van der Waals surface area contributed by atoms with Crippen LogP contribution in [0.2, 0.25) is 5.02 Å². The van der Waals surface area contributed by atoms with Crippen LogP contribution in [0.4, 0.5) is 5.69 Å². The van der Waals surface area contributed by atoms with Gasteiger partial charge in [-0.15, -0.1) is 0 Å². The van der Waals surface area contributed by atoms with Crippen LogP contribution >= 0.6 is 23.4 Å². The molecule has 1 atom stereocenters. The van der Waals surface area contributed by atoms with Gasteiger partial charge in [0.1, 0.15) is 6.04 Å². The Morgan fingerprint density at radius 2 is 2.00 bits per heavy atom. The van der Waals surface area contributed by atoms with Crippen molar-refractivity contribution in [2.24, 2.45) is 0 Å². The summed E-state index contributed by atoms with van der Waals surface area (Å²) in [4.78, 5) is 25.5. The molecule has 1 heterocycles. The second-order valence-corrected chi connectivity index (χ2v) is 7.67. The maximum absolute atomic E-state index is 12.9. The Morgan fingerprint density at radius 1 is 1.17 bits per heavy atom. The molecule has 3 rings (SSSR count). The molecule has 0 spiro atoms. The van der Waals surface area contributed by atoms with Gasteiger partial charge in [-0.05, 0) is 54.8 Å². The molecule has 0 aliphatic rings. The van der Waals surface area contributed by atoms with Gasteiger partial charge in [-0.2, -0.15) is 16.9 Å². The molecule has 0 radical (unpaired) electrons. The molecule has 3 aromatic rings. The van der Waals surface area contributed by atoms with Crippen LogP contribution < -0.4 is 10.6 Å². The first-order chi connectivity index (χ1) is 14.1. The number of nitrogens with zero attached hydrogens (tertiary/aromatic N) is 2. The lowest BCUT2D eigenvalue weighted by Crippen LogP contribution is -2.44. The molecule has 6 nitrogen and oxygen atoms in total. The minimum atomic E-state index is -0.681. The van der Waals surface area contributed by atoms with Crippen molar-refractivity contribution in [1.29, 1.82) is 0 Å². The SMILES string of the molecule is CSCCC(NC(=O)c1ccccc1Cl)C(=O)Nc1cccc(-n2cccn2)c1. The summed E-state index contributed by atoms with van der Waals surface area (Å²) in [5, 5.41) is 10.2. The van der Waals surface area contributed by atoms with E-state index >= 15 is 0 Å². The van der Waals surface area contributed by atoms with E-state index in [1.807, 2.05) is 36.7 Å². The maximum atomic E-state index is 12.9. The zero-order valence-electron chi connectivity index (χ0n) is 15.8. The zero-order valence-corrected chi connectivity index (χ0v) is 17.4. The number of aromatic nitrogens is 2. The van der Waals surface area contributed by atoms with Crippen molar-refractivity contribution in [3.05, 3.63) is 77.6 Å². The molecular weight excluding hydrogens is 408 g/mol. The Balaban J connectivity index is 1.73. The Hall–Kier alpha value is -2.77. The quantitative estimate of drug-likeness (QED) is 0.568. The van der Waals surface area contributed by atoms with Gasteiger partial charge >= 0.3 is 0 Å².